The molecule has 1 saturated carbocycles. The molecule has 90 valence electrons. The van der Waals surface area contributed by atoms with Crippen LogP contribution < -0.4 is 16.2 Å². The summed E-state index contributed by atoms with van der Waals surface area (Å²) < 4.78 is 0. The maximum absolute atomic E-state index is 10.9. The number of amides is 2. The van der Waals surface area contributed by atoms with E-state index in [4.69, 9.17) is 5.73 Å². The second kappa shape index (κ2) is 3.33. The van der Waals surface area contributed by atoms with Gasteiger partial charge in [0.1, 0.15) is 5.82 Å². The highest BCUT2D eigenvalue weighted by atomic mass is 16.2. The third kappa shape index (κ3) is 1.52. The van der Waals surface area contributed by atoms with Gasteiger partial charge in [-0.2, -0.15) is 0 Å². The number of nitrogens with two attached hydrogens (primary N) is 1. The van der Waals surface area contributed by atoms with Crippen molar-refractivity contribution in [2.45, 2.75) is 18.3 Å². The van der Waals surface area contributed by atoms with Gasteiger partial charge in [0.25, 0.3) is 0 Å². The molecule has 0 bridgehead atoms. The van der Waals surface area contributed by atoms with Gasteiger partial charge in [-0.25, -0.2) is 9.78 Å². The molecule has 2 aliphatic rings. The Balaban J connectivity index is 1.91. The highest BCUT2D eigenvalue weighted by molar-refractivity contribution is 5.71. The summed E-state index contributed by atoms with van der Waals surface area (Å²) in [6, 6.07) is 3.51. The van der Waals surface area contributed by atoms with Crippen molar-refractivity contribution >= 4 is 11.8 Å². The van der Waals surface area contributed by atoms with Gasteiger partial charge in [0.2, 0.25) is 0 Å². The predicted molar refractivity (Wildman–Crippen MR) is 63.0 cm³/mol. The van der Waals surface area contributed by atoms with E-state index in [-0.39, 0.29) is 5.41 Å². The standard InChI is InChI=1S/C11H15N5O/c1-15(14-10(12)17)16-7-11(4-5-11)8-3-2-6-13-9(8)16/h2-3,6H,4-5,7H2,1H3,(H3,12,14,17). The van der Waals surface area contributed by atoms with Crippen molar-refractivity contribution < 1.29 is 4.79 Å². The summed E-state index contributed by atoms with van der Waals surface area (Å²) in [6.45, 7) is 0.857. The predicted octanol–water partition coefficient (Wildman–Crippen LogP) is 0.363. The fourth-order valence-corrected chi connectivity index (χ4v) is 2.51. The summed E-state index contributed by atoms with van der Waals surface area (Å²) in [5.74, 6) is 0.918. The number of hydrogen-bond acceptors (Lipinski definition) is 4. The monoisotopic (exact) mass is 233 g/mol. The van der Waals surface area contributed by atoms with Crippen molar-refractivity contribution in [3.63, 3.8) is 0 Å². The van der Waals surface area contributed by atoms with Crippen molar-refractivity contribution in [2.24, 2.45) is 5.73 Å². The number of hydrogen-bond donors (Lipinski definition) is 2. The Hall–Kier alpha value is -1.82. The lowest BCUT2D eigenvalue weighted by Crippen LogP contribution is -2.52. The van der Waals surface area contributed by atoms with Crippen LogP contribution in [0.15, 0.2) is 18.3 Å². The highest BCUT2D eigenvalue weighted by Gasteiger charge is 2.53. The molecule has 3 rings (SSSR count). The van der Waals surface area contributed by atoms with E-state index in [0.29, 0.717) is 0 Å². The molecule has 0 aromatic carbocycles. The lowest BCUT2D eigenvalue weighted by molar-refractivity contribution is 0.195. The van der Waals surface area contributed by atoms with Crippen LogP contribution in [0.25, 0.3) is 0 Å². The minimum atomic E-state index is -0.568. The zero-order chi connectivity index (χ0) is 12.0. The number of fused-ring (bicyclic) bond motifs is 2. The molecule has 0 radical (unpaired) electrons. The van der Waals surface area contributed by atoms with Gasteiger partial charge in [-0.3, -0.25) is 10.4 Å². The number of primary amides is 1. The maximum Gasteiger partial charge on any atom is 0.328 e. The minimum absolute atomic E-state index is 0.247. The molecule has 6 nitrogen and oxygen atoms in total. The smallest absolute Gasteiger partial charge is 0.328 e. The summed E-state index contributed by atoms with van der Waals surface area (Å²) in [5, 5.41) is 3.58. The average molecular weight is 233 g/mol. The van der Waals surface area contributed by atoms with Crippen molar-refractivity contribution in [3.05, 3.63) is 23.9 Å². The summed E-state index contributed by atoms with van der Waals surface area (Å²) >= 11 is 0. The first-order valence-electron chi connectivity index (χ1n) is 5.65. The molecule has 1 aromatic rings. The maximum atomic E-state index is 10.9. The zero-order valence-electron chi connectivity index (χ0n) is 9.68. The molecule has 3 N–H and O–H groups in total. The van der Waals surface area contributed by atoms with Crippen molar-refractivity contribution in [2.75, 3.05) is 18.6 Å². The zero-order valence-corrected chi connectivity index (χ0v) is 9.68. The normalized spacial score (nSPS) is 19.5. The summed E-state index contributed by atoms with van der Waals surface area (Å²) in [6.07, 6.45) is 4.14. The molecule has 1 spiro atoms. The van der Waals surface area contributed by atoms with E-state index in [1.807, 2.05) is 11.1 Å². The van der Waals surface area contributed by atoms with Crippen LogP contribution in [0.1, 0.15) is 18.4 Å². The van der Waals surface area contributed by atoms with E-state index in [1.54, 1.807) is 18.4 Å². The van der Waals surface area contributed by atoms with Crippen molar-refractivity contribution in [1.82, 2.24) is 15.5 Å². The SMILES string of the molecule is CN(NC(N)=O)N1CC2(CC2)c2cccnc21. The Morgan fingerprint density at radius 3 is 3.06 bits per heavy atom. The van der Waals surface area contributed by atoms with Crippen LogP contribution in [0.5, 0.6) is 0 Å². The van der Waals surface area contributed by atoms with Gasteiger partial charge >= 0.3 is 6.03 Å². The largest absolute Gasteiger partial charge is 0.351 e. The summed E-state index contributed by atoms with van der Waals surface area (Å²) in [7, 11) is 1.77. The molecule has 6 heteroatoms. The summed E-state index contributed by atoms with van der Waals surface area (Å²) in [5.41, 5.74) is 9.20. The van der Waals surface area contributed by atoms with Gasteiger partial charge in [0.15, 0.2) is 0 Å². The number of anilines is 1. The van der Waals surface area contributed by atoms with Crippen molar-refractivity contribution in [3.8, 4) is 0 Å². The average Bonchev–Trinajstić information content (AvgIpc) is 2.97. The van der Waals surface area contributed by atoms with Gasteiger partial charge in [-0.05, 0) is 18.9 Å². The van der Waals surface area contributed by atoms with E-state index in [0.717, 1.165) is 12.4 Å². The second-order valence-electron chi connectivity index (χ2n) is 4.71. The number of nitrogens with one attached hydrogen (secondary N) is 1. The van der Waals surface area contributed by atoms with Crippen LogP contribution in [0.2, 0.25) is 0 Å². The van der Waals surface area contributed by atoms with Crippen LogP contribution in [0.4, 0.5) is 10.6 Å². The number of carbonyl (C=O) groups excluding carboxylic acids is 1. The Morgan fingerprint density at radius 2 is 2.41 bits per heavy atom. The second-order valence-corrected chi connectivity index (χ2v) is 4.71. The summed E-state index contributed by atoms with van der Waals surface area (Å²) in [4.78, 5) is 15.3. The number of pyridine rings is 1. The fraction of sp³-hybridized carbons (Fsp3) is 0.455. The molecular formula is C11H15N5O. The third-order valence-corrected chi connectivity index (χ3v) is 3.54. The Morgan fingerprint density at radius 1 is 1.65 bits per heavy atom. The Kier molecular flexibility index (Phi) is 2.03. The van der Waals surface area contributed by atoms with E-state index < -0.39 is 6.03 Å². The van der Waals surface area contributed by atoms with Gasteiger partial charge in [-0.1, -0.05) is 6.07 Å². The lowest BCUT2D eigenvalue weighted by Gasteiger charge is -2.29. The topological polar surface area (TPSA) is 74.5 Å². The molecule has 2 heterocycles. The van der Waals surface area contributed by atoms with Crippen LogP contribution in [-0.2, 0) is 5.41 Å². The fourth-order valence-electron chi connectivity index (χ4n) is 2.51. The Labute approximate surface area is 99.3 Å². The molecule has 17 heavy (non-hydrogen) atoms. The van der Waals surface area contributed by atoms with Crippen LogP contribution in [-0.4, -0.2) is 29.7 Å². The van der Waals surface area contributed by atoms with E-state index in [2.05, 4.69) is 16.5 Å². The van der Waals surface area contributed by atoms with E-state index in [1.165, 1.54) is 18.4 Å². The molecule has 0 unspecified atom stereocenters. The lowest BCUT2D eigenvalue weighted by atomic mass is 10.0. The number of hydrazine groups is 2. The molecule has 1 aromatic heterocycles. The van der Waals surface area contributed by atoms with E-state index in [9.17, 15) is 4.79 Å². The number of rotatable bonds is 2. The molecule has 1 aliphatic heterocycles. The first-order chi connectivity index (χ1) is 8.12. The third-order valence-electron chi connectivity index (χ3n) is 3.54. The van der Waals surface area contributed by atoms with Gasteiger partial charge in [0.05, 0.1) is 0 Å². The Bertz CT molecular complexity index is 471. The minimum Gasteiger partial charge on any atom is -0.351 e. The number of nitrogens with zero attached hydrogens (tertiary/aromatic N) is 3. The van der Waals surface area contributed by atoms with Crippen LogP contribution >= 0.6 is 0 Å². The number of aromatic nitrogens is 1. The van der Waals surface area contributed by atoms with Gasteiger partial charge in [0, 0.05) is 30.8 Å². The molecule has 0 saturated heterocycles. The van der Waals surface area contributed by atoms with Crippen LogP contribution in [0.3, 0.4) is 0 Å². The number of urea groups is 1. The van der Waals surface area contributed by atoms with Gasteiger partial charge < -0.3 is 5.73 Å². The molecule has 1 fully saturated rings. The quantitative estimate of drug-likeness (QED) is 0.723. The molecule has 0 atom stereocenters. The van der Waals surface area contributed by atoms with Crippen molar-refractivity contribution in [1.29, 1.82) is 0 Å². The van der Waals surface area contributed by atoms with E-state index >= 15 is 0 Å². The number of carbonyl (C=O) groups is 1. The first kappa shape index (κ1) is 10.3. The first-order valence-corrected chi connectivity index (χ1v) is 5.65. The highest BCUT2D eigenvalue weighted by Crippen LogP contribution is 2.55. The molecular weight excluding hydrogens is 218 g/mol. The molecule has 1 aliphatic carbocycles. The van der Waals surface area contributed by atoms with Gasteiger partial charge in [-0.15, -0.1) is 5.12 Å². The van der Waals surface area contributed by atoms with Crippen LogP contribution in [0, 0.1) is 0 Å². The molecule has 2 amide bonds.